The number of benzene rings is 1. The van der Waals surface area contributed by atoms with Crippen LogP contribution in [0.15, 0.2) is 48.7 Å². The van der Waals surface area contributed by atoms with Gasteiger partial charge in [0.2, 0.25) is 0 Å². The number of nitrogens with zero attached hydrogens (tertiary/aromatic N) is 3. The number of hydrogen-bond acceptors (Lipinski definition) is 3. The lowest BCUT2D eigenvalue weighted by Gasteiger charge is -2.33. The Bertz CT molecular complexity index is 610. The van der Waals surface area contributed by atoms with Crippen molar-refractivity contribution in [2.75, 3.05) is 25.5 Å². The van der Waals surface area contributed by atoms with E-state index in [-0.39, 0.29) is 12.4 Å². The van der Waals surface area contributed by atoms with E-state index in [1.807, 2.05) is 12.3 Å². The summed E-state index contributed by atoms with van der Waals surface area (Å²) < 4.78 is 0. The third-order valence-electron chi connectivity index (χ3n) is 4.55. The van der Waals surface area contributed by atoms with Crippen LogP contribution in [-0.2, 0) is 6.54 Å². The Morgan fingerprint density at radius 1 is 1.09 bits per heavy atom. The highest BCUT2D eigenvalue weighted by Crippen LogP contribution is 2.41. The molecule has 0 aliphatic heterocycles. The molecule has 0 radical (unpaired) electrons. The quantitative estimate of drug-likeness (QED) is 0.725. The average molecular weight is 352 g/mol. The van der Waals surface area contributed by atoms with Crippen molar-refractivity contribution in [1.82, 2.24) is 9.88 Å². The highest BCUT2D eigenvalue weighted by atomic mass is 35.5. The summed E-state index contributed by atoms with van der Waals surface area (Å²) in [6.45, 7) is 1.90. The van der Waals surface area contributed by atoms with Crippen molar-refractivity contribution >= 4 is 29.7 Å². The maximum atomic E-state index is 5.93. The Kier molecular flexibility index (Phi) is 5.90. The van der Waals surface area contributed by atoms with Crippen LogP contribution in [0, 0.1) is 0 Å². The first-order valence-corrected chi connectivity index (χ1v) is 8.05. The van der Waals surface area contributed by atoms with Crippen molar-refractivity contribution in [1.29, 1.82) is 0 Å². The average Bonchev–Trinajstić information content (AvgIpc) is 3.29. The number of aromatic nitrogens is 1. The largest absolute Gasteiger partial charge is 0.364 e. The summed E-state index contributed by atoms with van der Waals surface area (Å²) in [4.78, 5) is 9.01. The monoisotopic (exact) mass is 351 g/mol. The maximum Gasteiger partial charge on any atom is 0.129 e. The summed E-state index contributed by atoms with van der Waals surface area (Å²) in [5.74, 6) is 0. The zero-order valence-corrected chi connectivity index (χ0v) is 15.1. The highest BCUT2D eigenvalue weighted by Gasteiger charge is 2.46. The maximum absolute atomic E-state index is 5.93. The summed E-state index contributed by atoms with van der Waals surface area (Å²) in [5, 5.41) is 0.539. The van der Waals surface area contributed by atoms with Crippen LogP contribution in [0.25, 0.3) is 0 Å². The Hall–Kier alpha value is -1.29. The molecular formula is C18H23Cl2N3. The van der Waals surface area contributed by atoms with Gasteiger partial charge >= 0.3 is 0 Å². The summed E-state index contributed by atoms with van der Waals surface area (Å²) in [6.07, 6.45) is 4.38. The van der Waals surface area contributed by atoms with Gasteiger partial charge in [0.1, 0.15) is 5.15 Å². The van der Waals surface area contributed by atoms with Crippen molar-refractivity contribution in [2.24, 2.45) is 0 Å². The molecule has 1 fully saturated rings. The SMILES string of the molecule is CN(C)C1(CN(Cc2ccccc2)c2ccc(Cl)nc2)CC1.Cl. The number of pyridine rings is 1. The molecule has 1 saturated carbocycles. The van der Waals surface area contributed by atoms with Crippen molar-refractivity contribution in [3.63, 3.8) is 0 Å². The van der Waals surface area contributed by atoms with Crippen LogP contribution in [0.3, 0.4) is 0 Å². The smallest absolute Gasteiger partial charge is 0.129 e. The summed E-state index contributed by atoms with van der Waals surface area (Å²) in [7, 11) is 4.35. The van der Waals surface area contributed by atoms with Gasteiger partial charge in [-0.3, -0.25) is 0 Å². The first-order valence-electron chi connectivity index (χ1n) is 7.67. The Labute approximate surface area is 149 Å². The van der Waals surface area contributed by atoms with E-state index in [0.717, 1.165) is 18.8 Å². The molecule has 0 saturated heterocycles. The standard InChI is InChI=1S/C18H22ClN3.ClH/c1-21(2)18(10-11-18)14-22(13-15-6-4-3-5-7-15)16-8-9-17(19)20-12-16;/h3-9,12H,10-11,13-14H2,1-2H3;1H. The van der Waals surface area contributed by atoms with Gasteiger partial charge in [-0.25, -0.2) is 4.98 Å². The second kappa shape index (κ2) is 7.52. The van der Waals surface area contributed by atoms with E-state index < -0.39 is 0 Å². The zero-order chi connectivity index (χ0) is 15.6. The van der Waals surface area contributed by atoms with E-state index in [9.17, 15) is 0 Å². The van der Waals surface area contributed by atoms with Gasteiger partial charge in [-0.1, -0.05) is 41.9 Å². The molecule has 1 aromatic carbocycles. The molecule has 3 nitrogen and oxygen atoms in total. The van der Waals surface area contributed by atoms with Crippen molar-refractivity contribution in [3.8, 4) is 0 Å². The number of likely N-dealkylation sites (N-methyl/N-ethyl adjacent to an activating group) is 1. The van der Waals surface area contributed by atoms with E-state index >= 15 is 0 Å². The van der Waals surface area contributed by atoms with Crippen molar-refractivity contribution in [3.05, 3.63) is 59.4 Å². The van der Waals surface area contributed by atoms with Crippen molar-refractivity contribution in [2.45, 2.75) is 24.9 Å². The van der Waals surface area contributed by atoms with E-state index in [4.69, 9.17) is 11.6 Å². The van der Waals surface area contributed by atoms with Crippen LogP contribution < -0.4 is 4.90 Å². The Morgan fingerprint density at radius 3 is 2.30 bits per heavy atom. The molecular weight excluding hydrogens is 329 g/mol. The predicted molar refractivity (Wildman–Crippen MR) is 99.6 cm³/mol. The molecule has 1 heterocycles. The molecule has 0 atom stereocenters. The fourth-order valence-electron chi connectivity index (χ4n) is 2.84. The van der Waals surface area contributed by atoms with E-state index in [1.54, 1.807) is 0 Å². The van der Waals surface area contributed by atoms with Crippen LogP contribution in [0.2, 0.25) is 5.15 Å². The number of hydrogen-bond donors (Lipinski definition) is 0. The molecule has 0 unspecified atom stereocenters. The molecule has 2 aromatic rings. The van der Waals surface area contributed by atoms with Crippen LogP contribution in [-0.4, -0.2) is 36.1 Å². The van der Waals surface area contributed by atoms with E-state index in [1.165, 1.54) is 18.4 Å². The minimum Gasteiger partial charge on any atom is -0.364 e. The third-order valence-corrected chi connectivity index (χ3v) is 4.78. The lowest BCUT2D eigenvalue weighted by molar-refractivity contribution is 0.273. The molecule has 1 aliphatic rings. The molecule has 23 heavy (non-hydrogen) atoms. The molecule has 124 valence electrons. The van der Waals surface area contributed by atoms with Gasteiger partial charge < -0.3 is 9.80 Å². The molecule has 0 amide bonds. The van der Waals surface area contributed by atoms with Crippen LogP contribution >= 0.6 is 24.0 Å². The number of rotatable bonds is 6. The zero-order valence-electron chi connectivity index (χ0n) is 13.6. The van der Waals surface area contributed by atoms with Gasteiger partial charge in [0.15, 0.2) is 0 Å². The second-order valence-electron chi connectivity index (χ2n) is 6.30. The molecule has 1 aliphatic carbocycles. The molecule has 3 rings (SSSR count). The highest BCUT2D eigenvalue weighted by molar-refractivity contribution is 6.29. The van der Waals surface area contributed by atoms with Gasteiger partial charge in [-0.05, 0) is 44.6 Å². The number of anilines is 1. The van der Waals surface area contributed by atoms with Gasteiger partial charge in [0, 0.05) is 18.6 Å². The molecule has 0 N–H and O–H groups in total. The molecule has 1 aromatic heterocycles. The first-order chi connectivity index (χ1) is 10.6. The summed E-state index contributed by atoms with van der Waals surface area (Å²) >= 11 is 5.93. The fraction of sp³-hybridized carbons (Fsp3) is 0.389. The molecule has 5 heteroatoms. The van der Waals surface area contributed by atoms with Crippen LogP contribution in [0.4, 0.5) is 5.69 Å². The molecule has 0 bridgehead atoms. The lowest BCUT2D eigenvalue weighted by Crippen LogP contribution is -2.42. The Morgan fingerprint density at radius 2 is 1.78 bits per heavy atom. The first kappa shape index (κ1) is 18.1. The van der Waals surface area contributed by atoms with Gasteiger partial charge in [0.25, 0.3) is 0 Å². The summed E-state index contributed by atoms with van der Waals surface area (Å²) in [6, 6.07) is 14.5. The van der Waals surface area contributed by atoms with Gasteiger partial charge in [-0.15, -0.1) is 12.4 Å². The second-order valence-corrected chi connectivity index (χ2v) is 6.69. The van der Waals surface area contributed by atoms with E-state index in [0.29, 0.717) is 10.7 Å². The minimum absolute atomic E-state index is 0. The summed E-state index contributed by atoms with van der Waals surface area (Å²) in [5.41, 5.74) is 2.74. The number of halogens is 2. The minimum atomic E-state index is 0. The normalized spacial score (nSPS) is 15.1. The Balaban J connectivity index is 0.00000192. The lowest BCUT2D eigenvalue weighted by atomic mass is 10.1. The fourth-order valence-corrected chi connectivity index (χ4v) is 2.96. The van der Waals surface area contributed by atoms with Gasteiger partial charge in [-0.2, -0.15) is 0 Å². The molecule has 0 spiro atoms. The van der Waals surface area contributed by atoms with Crippen LogP contribution in [0.5, 0.6) is 0 Å². The van der Waals surface area contributed by atoms with Gasteiger partial charge in [0.05, 0.1) is 11.9 Å². The van der Waals surface area contributed by atoms with E-state index in [2.05, 4.69) is 65.3 Å². The third kappa shape index (κ3) is 4.37. The predicted octanol–water partition coefficient (Wildman–Crippen LogP) is 4.26. The topological polar surface area (TPSA) is 19.4 Å². The van der Waals surface area contributed by atoms with Crippen molar-refractivity contribution < 1.29 is 0 Å². The van der Waals surface area contributed by atoms with Crippen LogP contribution in [0.1, 0.15) is 18.4 Å².